The molecule has 0 aliphatic heterocycles. The largest absolute Gasteiger partial charge is 0.478 e. The van der Waals surface area contributed by atoms with Crippen LogP contribution in [-0.2, 0) is 4.74 Å². The molecule has 0 N–H and O–H groups in total. The molecule has 1 nitrogen and oxygen atoms in total. The number of ether oxygens (including phenoxy) is 1. The van der Waals surface area contributed by atoms with Crippen LogP contribution in [0, 0.1) is 0 Å². The highest BCUT2D eigenvalue weighted by Gasteiger charge is 2.59. The van der Waals surface area contributed by atoms with Crippen molar-refractivity contribution in [1.29, 1.82) is 0 Å². The maximum Gasteiger partial charge on any atom is 0.464 e. The fraction of sp³-hybridized carbons (Fsp3) is 0.889. The molecule has 0 heterocycles. The Bertz CT molecular complexity index is 242. The molecule has 17 heavy (non-hydrogen) atoms. The van der Waals surface area contributed by atoms with Gasteiger partial charge in [0, 0.05) is 11.8 Å². The topological polar surface area (TPSA) is 9.23 Å². The van der Waals surface area contributed by atoms with Crippen molar-refractivity contribution in [2.24, 2.45) is 0 Å². The molecule has 0 radical (unpaired) electrons. The average molecular weight is 296 g/mol. The summed E-state index contributed by atoms with van der Waals surface area (Å²) >= 11 is 3.53. The zero-order valence-electron chi connectivity index (χ0n) is 9.15. The lowest BCUT2D eigenvalue weighted by molar-refractivity contribution is -0.237. The van der Waals surface area contributed by atoms with E-state index in [0.29, 0.717) is 6.42 Å². The molecule has 0 atom stereocenters. The number of alkyl halides is 5. The van der Waals surface area contributed by atoms with Gasteiger partial charge in [-0.1, -0.05) is 26.2 Å². The molecule has 102 valence electrons. The lowest BCUT2D eigenvalue weighted by atomic mass is 10.2. The van der Waals surface area contributed by atoms with Gasteiger partial charge in [-0.2, -0.15) is 22.0 Å². The molecule has 8 heteroatoms. The van der Waals surface area contributed by atoms with Crippen LogP contribution in [-0.4, -0.2) is 22.4 Å². The van der Waals surface area contributed by atoms with Gasteiger partial charge >= 0.3 is 11.4 Å². The fourth-order valence-corrected chi connectivity index (χ4v) is 1.74. The molecule has 0 aromatic heterocycles. The number of hydrogen-bond donors (Lipinski definition) is 0. The number of thiocarbonyl (C=S) groups is 1. The molecule has 0 unspecified atom stereocenters. The van der Waals surface area contributed by atoms with Gasteiger partial charge < -0.3 is 4.74 Å². The summed E-state index contributed by atoms with van der Waals surface area (Å²) in [7, 11) is 0. The van der Waals surface area contributed by atoms with Crippen molar-refractivity contribution >= 4 is 28.4 Å². The molecule has 0 aromatic carbocycles. The van der Waals surface area contributed by atoms with E-state index in [2.05, 4.69) is 17.0 Å². The average Bonchev–Trinajstić information content (AvgIpc) is 2.14. The maximum absolute atomic E-state index is 12.5. The third kappa shape index (κ3) is 7.03. The van der Waals surface area contributed by atoms with E-state index in [-0.39, 0.29) is 6.61 Å². The van der Waals surface area contributed by atoms with Crippen LogP contribution in [0.15, 0.2) is 0 Å². The molecular formula is C9H13F5OS2. The van der Waals surface area contributed by atoms with Gasteiger partial charge in [0.05, 0.1) is 6.61 Å². The first-order valence-corrected chi connectivity index (χ1v) is 6.23. The smallest absolute Gasteiger partial charge is 0.464 e. The van der Waals surface area contributed by atoms with E-state index in [0.717, 1.165) is 19.3 Å². The van der Waals surface area contributed by atoms with Gasteiger partial charge in [0.1, 0.15) is 0 Å². The monoisotopic (exact) mass is 296 g/mol. The Morgan fingerprint density at radius 3 is 2.18 bits per heavy atom. The van der Waals surface area contributed by atoms with Crippen LogP contribution in [0.5, 0.6) is 0 Å². The van der Waals surface area contributed by atoms with E-state index in [1.54, 1.807) is 0 Å². The fourth-order valence-electron chi connectivity index (χ4n) is 0.876. The first-order valence-electron chi connectivity index (χ1n) is 5.01. The predicted molar refractivity (Wildman–Crippen MR) is 61.3 cm³/mol. The molecular weight excluding hydrogens is 283 g/mol. The SMILES string of the molecule is CCCCCCOC(=S)SC(F)(F)C(F)(F)F. The summed E-state index contributed by atoms with van der Waals surface area (Å²) < 4.78 is 64.2. The summed E-state index contributed by atoms with van der Waals surface area (Å²) in [5.41, 5.74) is 0. The van der Waals surface area contributed by atoms with Gasteiger partial charge in [0.25, 0.3) is 0 Å². The Morgan fingerprint density at radius 1 is 1.12 bits per heavy atom. The zero-order valence-corrected chi connectivity index (χ0v) is 10.8. The minimum Gasteiger partial charge on any atom is -0.478 e. The normalized spacial score (nSPS) is 12.6. The minimum atomic E-state index is -5.62. The number of rotatable bonds is 6. The summed E-state index contributed by atoms with van der Waals surface area (Å²) in [6.45, 7) is 2.06. The molecule has 0 fully saturated rings. The summed E-state index contributed by atoms with van der Waals surface area (Å²) in [6, 6.07) is 0. The van der Waals surface area contributed by atoms with Gasteiger partial charge in [-0.15, -0.1) is 0 Å². The maximum atomic E-state index is 12.5. The van der Waals surface area contributed by atoms with Crippen molar-refractivity contribution in [2.45, 2.75) is 44.0 Å². The van der Waals surface area contributed by atoms with Crippen LogP contribution in [0.2, 0.25) is 0 Å². The van der Waals surface area contributed by atoms with Gasteiger partial charge in [0.15, 0.2) is 0 Å². The summed E-state index contributed by atoms with van der Waals surface area (Å²) in [4.78, 5) is 0. The first kappa shape index (κ1) is 16.9. The molecule has 0 spiro atoms. The number of thioether (sulfide) groups is 1. The third-order valence-corrected chi connectivity index (χ3v) is 2.90. The van der Waals surface area contributed by atoms with Crippen LogP contribution in [0.1, 0.15) is 32.6 Å². The third-order valence-electron chi connectivity index (χ3n) is 1.76. The van der Waals surface area contributed by atoms with Gasteiger partial charge in [-0.25, -0.2) is 0 Å². The molecule has 0 aromatic rings. The standard InChI is InChI=1S/C9H13F5OS2/c1-2-3-4-5-6-15-7(16)17-9(13,14)8(10,11)12/h2-6H2,1H3. The summed E-state index contributed by atoms with van der Waals surface area (Å²) in [5, 5.41) is -4.90. The van der Waals surface area contributed by atoms with E-state index in [1.807, 2.05) is 6.92 Å². The van der Waals surface area contributed by atoms with E-state index < -0.39 is 27.6 Å². The second-order valence-corrected chi connectivity index (χ2v) is 4.99. The molecule has 0 saturated heterocycles. The molecule has 0 bridgehead atoms. The Hall–Kier alpha value is -0.110. The first-order chi connectivity index (χ1) is 7.70. The lowest BCUT2D eigenvalue weighted by Crippen LogP contribution is -2.34. The molecule has 0 saturated carbocycles. The highest BCUT2D eigenvalue weighted by atomic mass is 32.2. The highest BCUT2D eigenvalue weighted by molar-refractivity contribution is 8.23. The van der Waals surface area contributed by atoms with Gasteiger partial charge in [0.2, 0.25) is 4.38 Å². The van der Waals surface area contributed by atoms with Crippen molar-refractivity contribution in [3.63, 3.8) is 0 Å². The van der Waals surface area contributed by atoms with Crippen LogP contribution in [0.4, 0.5) is 22.0 Å². The summed E-state index contributed by atoms with van der Waals surface area (Å²) in [6.07, 6.45) is -2.24. The predicted octanol–water partition coefficient (Wildman–Crippen LogP) is 4.76. The number of halogens is 5. The molecule has 0 amide bonds. The van der Waals surface area contributed by atoms with Crippen molar-refractivity contribution in [2.75, 3.05) is 6.61 Å². The Balaban J connectivity index is 3.87. The van der Waals surface area contributed by atoms with E-state index in [9.17, 15) is 22.0 Å². The van der Waals surface area contributed by atoms with E-state index in [4.69, 9.17) is 0 Å². The van der Waals surface area contributed by atoms with Gasteiger partial charge in [-0.05, 0) is 18.6 Å². The number of hydrogen-bond acceptors (Lipinski definition) is 3. The Morgan fingerprint density at radius 2 is 1.71 bits per heavy atom. The zero-order chi connectivity index (χ0) is 13.5. The highest BCUT2D eigenvalue weighted by Crippen LogP contribution is 2.44. The van der Waals surface area contributed by atoms with Crippen molar-refractivity contribution in [3.05, 3.63) is 0 Å². The van der Waals surface area contributed by atoms with Crippen LogP contribution in [0.3, 0.4) is 0 Å². The Kier molecular flexibility index (Phi) is 7.30. The number of unbranched alkanes of at least 4 members (excludes halogenated alkanes) is 3. The van der Waals surface area contributed by atoms with E-state index >= 15 is 0 Å². The van der Waals surface area contributed by atoms with Crippen molar-refractivity contribution in [3.8, 4) is 0 Å². The van der Waals surface area contributed by atoms with Crippen LogP contribution in [0.25, 0.3) is 0 Å². The second-order valence-electron chi connectivity index (χ2n) is 3.28. The lowest BCUT2D eigenvalue weighted by Gasteiger charge is -2.18. The van der Waals surface area contributed by atoms with Crippen molar-refractivity contribution < 1.29 is 26.7 Å². The summed E-state index contributed by atoms with van der Waals surface area (Å²) in [5.74, 6) is 0. The second kappa shape index (κ2) is 7.35. The van der Waals surface area contributed by atoms with Crippen molar-refractivity contribution in [1.82, 2.24) is 0 Å². The molecule has 0 aliphatic carbocycles. The van der Waals surface area contributed by atoms with E-state index in [1.165, 1.54) is 0 Å². The quantitative estimate of drug-likeness (QED) is 0.397. The van der Waals surface area contributed by atoms with Gasteiger partial charge in [-0.3, -0.25) is 0 Å². The Labute approximate surface area is 106 Å². The molecule has 0 aliphatic rings. The van der Waals surface area contributed by atoms with Crippen LogP contribution >= 0.6 is 24.0 Å². The molecule has 0 rings (SSSR count). The van der Waals surface area contributed by atoms with Crippen LogP contribution < -0.4 is 0 Å². The minimum absolute atomic E-state index is 0.0692.